The summed E-state index contributed by atoms with van der Waals surface area (Å²) < 4.78 is 0. The first kappa shape index (κ1) is 15.7. The summed E-state index contributed by atoms with van der Waals surface area (Å²) in [5, 5.41) is 9.60. The van der Waals surface area contributed by atoms with Crippen molar-refractivity contribution in [3.05, 3.63) is 52.9 Å². The third-order valence-electron chi connectivity index (χ3n) is 3.87. The Labute approximate surface area is 139 Å². The Morgan fingerprint density at radius 2 is 1.78 bits per heavy atom. The molecule has 6 nitrogen and oxygen atoms in total. The van der Waals surface area contributed by atoms with E-state index in [-0.39, 0.29) is 5.69 Å². The van der Waals surface area contributed by atoms with E-state index >= 15 is 0 Å². The first-order valence-electron chi connectivity index (χ1n) is 7.39. The van der Waals surface area contributed by atoms with Crippen molar-refractivity contribution in [2.24, 2.45) is 0 Å². The fraction of sp³-hybridized carbons (Fsp3) is 0.312. The smallest absolute Gasteiger partial charge is 0.356 e. The quantitative estimate of drug-likeness (QED) is 0.925. The van der Waals surface area contributed by atoms with Crippen LogP contribution in [0, 0.1) is 0 Å². The van der Waals surface area contributed by atoms with E-state index in [1.807, 2.05) is 24.3 Å². The van der Waals surface area contributed by atoms with E-state index in [9.17, 15) is 4.79 Å². The second-order valence-electron chi connectivity index (χ2n) is 5.45. The van der Waals surface area contributed by atoms with Gasteiger partial charge in [0.25, 0.3) is 0 Å². The molecule has 7 heteroatoms. The number of aromatic carboxylic acids is 1. The van der Waals surface area contributed by atoms with Gasteiger partial charge in [-0.05, 0) is 17.7 Å². The fourth-order valence-electron chi connectivity index (χ4n) is 2.58. The lowest BCUT2D eigenvalue weighted by molar-refractivity contribution is 0.0690. The molecule has 0 spiro atoms. The molecular weight excluding hydrogens is 316 g/mol. The molecule has 2 heterocycles. The lowest BCUT2D eigenvalue weighted by Gasteiger charge is -2.35. The molecule has 1 aliphatic rings. The number of piperazine rings is 1. The number of aromatic nitrogens is 2. The summed E-state index contributed by atoms with van der Waals surface area (Å²) in [6, 6.07) is 7.91. The topological polar surface area (TPSA) is 69.6 Å². The van der Waals surface area contributed by atoms with E-state index in [0.717, 1.165) is 43.6 Å². The van der Waals surface area contributed by atoms with Crippen molar-refractivity contribution in [2.75, 3.05) is 31.1 Å². The maximum Gasteiger partial charge on any atom is 0.356 e. The number of hydrogen-bond acceptors (Lipinski definition) is 5. The maximum atomic E-state index is 10.8. The number of rotatable bonds is 4. The van der Waals surface area contributed by atoms with E-state index in [1.165, 1.54) is 18.0 Å². The molecule has 1 aromatic heterocycles. The molecule has 0 amide bonds. The standard InChI is InChI=1S/C16H17ClN4O2/c17-13-3-1-12(2-4-13)11-20-5-7-21(8-6-20)15-10-18-14(9-19-15)16(22)23/h1-4,9-10H,5-8,11H2,(H,22,23). The van der Waals surface area contributed by atoms with Crippen molar-refractivity contribution in [1.29, 1.82) is 0 Å². The Morgan fingerprint density at radius 1 is 1.09 bits per heavy atom. The number of nitrogens with zero attached hydrogens (tertiary/aromatic N) is 4. The average molecular weight is 333 g/mol. The van der Waals surface area contributed by atoms with Gasteiger partial charge in [0.2, 0.25) is 0 Å². The lowest BCUT2D eigenvalue weighted by Crippen LogP contribution is -2.46. The molecule has 1 aliphatic heterocycles. The Hall–Kier alpha value is -2.18. The monoisotopic (exact) mass is 332 g/mol. The number of benzene rings is 1. The van der Waals surface area contributed by atoms with Crippen LogP contribution in [0.25, 0.3) is 0 Å². The van der Waals surface area contributed by atoms with Gasteiger partial charge in [0, 0.05) is 37.7 Å². The van der Waals surface area contributed by atoms with Crippen molar-refractivity contribution < 1.29 is 9.90 Å². The van der Waals surface area contributed by atoms with Gasteiger partial charge in [-0.25, -0.2) is 14.8 Å². The molecule has 0 atom stereocenters. The minimum atomic E-state index is -1.06. The number of anilines is 1. The normalized spacial score (nSPS) is 15.6. The third-order valence-corrected chi connectivity index (χ3v) is 4.13. The maximum absolute atomic E-state index is 10.8. The summed E-state index contributed by atoms with van der Waals surface area (Å²) in [7, 11) is 0. The van der Waals surface area contributed by atoms with Crippen LogP contribution in [0.15, 0.2) is 36.7 Å². The van der Waals surface area contributed by atoms with E-state index in [2.05, 4.69) is 19.8 Å². The summed E-state index contributed by atoms with van der Waals surface area (Å²) in [5.74, 6) is -0.335. The lowest BCUT2D eigenvalue weighted by atomic mass is 10.2. The van der Waals surface area contributed by atoms with Crippen LogP contribution in [-0.2, 0) is 6.54 Å². The molecule has 0 aliphatic carbocycles. The number of carbonyl (C=O) groups is 1. The molecule has 2 aromatic rings. The van der Waals surface area contributed by atoms with Gasteiger partial charge in [-0.1, -0.05) is 23.7 Å². The van der Waals surface area contributed by atoms with Gasteiger partial charge in [-0.3, -0.25) is 4.90 Å². The van der Waals surface area contributed by atoms with Gasteiger partial charge in [0.15, 0.2) is 5.69 Å². The van der Waals surface area contributed by atoms with E-state index in [4.69, 9.17) is 16.7 Å². The van der Waals surface area contributed by atoms with Gasteiger partial charge in [-0.15, -0.1) is 0 Å². The minimum absolute atomic E-state index is 0.0323. The van der Waals surface area contributed by atoms with Crippen LogP contribution in [0.2, 0.25) is 5.02 Å². The zero-order chi connectivity index (χ0) is 16.2. The molecule has 1 saturated heterocycles. The zero-order valence-corrected chi connectivity index (χ0v) is 13.3. The highest BCUT2D eigenvalue weighted by Crippen LogP contribution is 2.15. The predicted octanol–water partition coefficient (Wildman–Crippen LogP) is 2.15. The summed E-state index contributed by atoms with van der Waals surface area (Å²) in [4.78, 5) is 23.4. The van der Waals surface area contributed by atoms with Crippen LogP contribution in [0.1, 0.15) is 16.1 Å². The Kier molecular flexibility index (Phi) is 4.73. The molecule has 120 valence electrons. The molecule has 1 aromatic carbocycles. The first-order chi connectivity index (χ1) is 11.1. The fourth-order valence-corrected chi connectivity index (χ4v) is 2.70. The van der Waals surface area contributed by atoms with E-state index < -0.39 is 5.97 Å². The van der Waals surface area contributed by atoms with Crippen LogP contribution in [0.4, 0.5) is 5.82 Å². The largest absolute Gasteiger partial charge is 0.476 e. The number of carboxylic acids is 1. The van der Waals surface area contributed by atoms with E-state index in [1.54, 1.807) is 0 Å². The Balaban J connectivity index is 1.55. The first-order valence-corrected chi connectivity index (χ1v) is 7.77. The summed E-state index contributed by atoms with van der Waals surface area (Å²) >= 11 is 5.90. The minimum Gasteiger partial charge on any atom is -0.476 e. The molecule has 0 saturated carbocycles. The third kappa shape index (κ3) is 3.97. The molecule has 1 fully saturated rings. The molecule has 3 rings (SSSR count). The molecular formula is C16H17ClN4O2. The second kappa shape index (κ2) is 6.93. The summed E-state index contributed by atoms with van der Waals surface area (Å²) in [6.07, 6.45) is 2.83. The molecule has 0 bridgehead atoms. The SMILES string of the molecule is O=C(O)c1cnc(N2CCN(Cc3ccc(Cl)cc3)CC2)cn1. The van der Waals surface area contributed by atoms with Crippen molar-refractivity contribution in [3.8, 4) is 0 Å². The Morgan fingerprint density at radius 3 is 2.35 bits per heavy atom. The second-order valence-corrected chi connectivity index (χ2v) is 5.89. The Bertz CT molecular complexity index is 667. The van der Waals surface area contributed by atoms with Crippen LogP contribution in [-0.4, -0.2) is 52.1 Å². The number of hydrogen-bond donors (Lipinski definition) is 1. The highest BCUT2D eigenvalue weighted by molar-refractivity contribution is 6.30. The van der Waals surface area contributed by atoms with Crippen LogP contribution < -0.4 is 4.90 Å². The van der Waals surface area contributed by atoms with Crippen LogP contribution >= 0.6 is 11.6 Å². The van der Waals surface area contributed by atoms with Gasteiger partial charge < -0.3 is 10.0 Å². The van der Waals surface area contributed by atoms with Crippen molar-refractivity contribution in [1.82, 2.24) is 14.9 Å². The summed E-state index contributed by atoms with van der Waals surface area (Å²) in [5.41, 5.74) is 1.21. The molecule has 23 heavy (non-hydrogen) atoms. The molecule has 1 N–H and O–H groups in total. The van der Waals surface area contributed by atoms with Crippen LogP contribution in [0.5, 0.6) is 0 Å². The van der Waals surface area contributed by atoms with Crippen molar-refractivity contribution in [2.45, 2.75) is 6.54 Å². The van der Waals surface area contributed by atoms with Gasteiger partial charge in [0.1, 0.15) is 5.82 Å². The average Bonchev–Trinajstić information content (AvgIpc) is 2.58. The van der Waals surface area contributed by atoms with E-state index in [0.29, 0.717) is 0 Å². The number of halogens is 1. The van der Waals surface area contributed by atoms with Crippen molar-refractivity contribution >= 4 is 23.4 Å². The predicted molar refractivity (Wildman–Crippen MR) is 87.9 cm³/mol. The highest BCUT2D eigenvalue weighted by atomic mass is 35.5. The van der Waals surface area contributed by atoms with Crippen molar-refractivity contribution in [3.63, 3.8) is 0 Å². The van der Waals surface area contributed by atoms with Gasteiger partial charge >= 0.3 is 5.97 Å². The van der Waals surface area contributed by atoms with Crippen LogP contribution in [0.3, 0.4) is 0 Å². The van der Waals surface area contributed by atoms with Gasteiger partial charge in [0.05, 0.1) is 12.4 Å². The highest BCUT2D eigenvalue weighted by Gasteiger charge is 2.18. The summed E-state index contributed by atoms with van der Waals surface area (Å²) in [6.45, 7) is 4.42. The molecule has 0 unspecified atom stereocenters. The number of carboxylic acid groups (broad SMARTS) is 1. The zero-order valence-electron chi connectivity index (χ0n) is 12.5. The van der Waals surface area contributed by atoms with Gasteiger partial charge in [-0.2, -0.15) is 0 Å². The molecule has 0 radical (unpaired) electrons.